The average molecular weight is 776 g/mol. The number of esters is 2. The fraction of sp³-hybridized carbons (Fsp3) is 0.878. The lowest BCUT2D eigenvalue weighted by Crippen LogP contribution is -2.34. The molecule has 1 unspecified atom stereocenters. The van der Waals surface area contributed by atoms with Gasteiger partial charge in [0.15, 0.2) is 6.10 Å². The number of phosphoric acid groups is 1. The van der Waals surface area contributed by atoms with Crippen molar-refractivity contribution in [2.45, 2.75) is 212 Å². The third-order valence-corrected chi connectivity index (χ3v) is 10.2. The molecule has 0 heterocycles. The maximum absolute atomic E-state index is 12.6. The minimum absolute atomic E-state index is 0.165. The first-order chi connectivity index (χ1) is 25.6. The molecule has 0 rings (SSSR count). The number of rotatable bonds is 40. The van der Waals surface area contributed by atoms with Crippen molar-refractivity contribution in [3.63, 3.8) is 0 Å². The van der Waals surface area contributed by atoms with Gasteiger partial charge in [-0.2, -0.15) is 0 Å². The summed E-state index contributed by atoms with van der Waals surface area (Å²) in [5, 5.41) is 8.87. The second kappa shape index (κ2) is 37.2. The lowest BCUT2D eigenvalue weighted by molar-refractivity contribution is -0.161. The van der Waals surface area contributed by atoms with Gasteiger partial charge in [-0.3, -0.25) is 23.4 Å². The van der Waals surface area contributed by atoms with Crippen molar-refractivity contribution in [3.05, 3.63) is 12.2 Å². The molecule has 0 fully saturated rings. The van der Waals surface area contributed by atoms with Gasteiger partial charge in [-0.1, -0.05) is 161 Å². The molecule has 11 nitrogen and oxygen atoms in total. The molecule has 0 aliphatic rings. The van der Waals surface area contributed by atoms with Gasteiger partial charge in [-0.05, 0) is 38.5 Å². The summed E-state index contributed by atoms with van der Waals surface area (Å²) in [6, 6.07) is -1.52. The van der Waals surface area contributed by atoms with E-state index in [-0.39, 0.29) is 19.4 Å². The van der Waals surface area contributed by atoms with Gasteiger partial charge < -0.3 is 25.2 Å². The Bertz CT molecular complexity index is 963. The fourth-order valence-corrected chi connectivity index (χ4v) is 6.66. The van der Waals surface area contributed by atoms with Crippen LogP contribution in [0.5, 0.6) is 0 Å². The van der Waals surface area contributed by atoms with Crippen molar-refractivity contribution >= 4 is 25.7 Å². The second-order valence-electron chi connectivity index (χ2n) is 14.5. The predicted molar refractivity (Wildman–Crippen MR) is 213 cm³/mol. The topological polar surface area (TPSA) is 172 Å². The molecule has 0 bridgehead atoms. The molecular weight excluding hydrogens is 697 g/mol. The van der Waals surface area contributed by atoms with Gasteiger partial charge in [0.25, 0.3) is 0 Å². The van der Waals surface area contributed by atoms with Gasteiger partial charge in [0.1, 0.15) is 12.6 Å². The van der Waals surface area contributed by atoms with Gasteiger partial charge in [0, 0.05) is 12.8 Å². The van der Waals surface area contributed by atoms with Crippen LogP contribution in [0.15, 0.2) is 12.2 Å². The van der Waals surface area contributed by atoms with E-state index in [1.165, 1.54) is 103 Å². The number of carboxylic acid groups (broad SMARTS) is 1. The monoisotopic (exact) mass is 776 g/mol. The number of ether oxygens (including phenoxy) is 2. The number of hydrogen-bond donors (Lipinski definition) is 3. The number of aliphatic carboxylic acids is 1. The summed E-state index contributed by atoms with van der Waals surface area (Å²) in [7, 11) is -4.71. The summed E-state index contributed by atoms with van der Waals surface area (Å²) in [5.74, 6) is -2.38. The number of hydrogen-bond acceptors (Lipinski definition) is 9. The zero-order valence-corrected chi connectivity index (χ0v) is 34.5. The minimum atomic E-state index is -4.71. The standard InChI is InChI=1S/C41H78NO10P/c1-3-5-7-9-11-13-15-17-18-19-21-23-25-27-29-31-33-40(44)52-37(35-50-53(47,48)51-36-38(42)41(45)46)34-49-39(43)32-30-28-26-24-22-20-16-14-12-10-8-6-4-2/h14,16,37-38H,3-13,15,17-36,42H2,1-2H3,(H,45,46)(H,47,48)/b16-14+/t37-,38+/m1/s1. The van der Waals surface area contributed by atoms with Crippen LogP contribution in [-0.4, -0.2) is 59.9 Å². The molecule has 0 aromatic rings. The van der Waals surface area contributed by atoms with E-state index >= 15 is 0 Å². The SMILES string of the molecule is CCCCCC/C=C/CCCCCCCC(=O)OC[C@H](COP(=O)(O)OC[C@H](N)C(=O)O)OC(=O)CCCCCCCCCCCCCCCCCC. The van der Waals surface area contributed by atoms with Crippen LogP contribution in [0.25, 0.3) is 0 Å². The smallest absolute Gasteiger partial charge is 0.472 e. The Labute approximate surface area is 322 Å². The van der Waals surface area contributed by atoms with Crippen molar-refractivity contribution < 1.29 is 47.5 Å². The van der Waals surface area contributed by atoms with Crippen LogP contribution in [0, 0.1) is 0 Å². The number of carbonyl (C=O) groups excluding carboxylic acids is 2. The van der Waals surface area contributed by atoms with Crippen LogP contribution in [-0.2, 0) is 37.5 Å². The summed E-state index contributed by atoms with van der Waals surface area (Å²) in [4.78, 5) is 45.9. The van der Waals surface area contributed by atoms with Crippen LogP contribution in [0.1, 0.15) is 200 Å². The Hall–Kier alpha value is -1.78. The Morgan fingerprint density at radius 2 is 0.943 bits per heavy atom. The van der Waals surface area contributed by atoms with Gasteiger partial charge in [-0.25, -0.2) is 4.57 Å². The molecule has 0 amide bonds. The molecule has 0 saturated heterocycles. The van der Waals surface area contributed by atoms with E-state index in [0.29, 0.717) is 12.8 Å². The summed E-state index contributed by atoms with van der Waals surface area (Å²) in [6.07, 6.45) is 35.6. The Morgan fingerprint density at radius 3 is 1.40 bits per heavy atom. The summed E-state index contributed by atoms with van der Waals surface area (Å²) >= 11 is 0. The number of carbonyl (C=O) groups is 3. The van der Waals surface area contributed by atoms with E-state index in [2.05, 4.69) is 30.5 Å². The number of phosphoric ester groups is 1. The third-order valence-electron chi connectivity index (χ3n) is 9.26. The molecule has 53 heavy (non-hydrogen) atoms. The molecule has 0 aromatic heterocycles. The van der Waals surface area contributed by atoms with Gasteiger partial charge in [0.2, 0.25) is 0 Å². The summed E-state index contributed by atoms with van der Waals surface area (Å²) < 4.78 is 32.6. The van der Waals surface area contributed by atoms with Crippen molar-refractivity contribution in [2.24, 2.45) is 5.73 Å². The van der Waals surface area contributed by atoms with Crippen LogP contribution < -0.4 is 5.73 Å². The van der Waals surface area contributed by atoms with Crippen molar-refractivity contribution in [3.8, 4) is 0 Å². The largest absolute Gasteiger partial charge is 0.480 e. The van der Waals surface area contributed by atoms with E-state index in [1.807, 2.05) is 0 Å². The molecule has 3 atom stereocenters. The summed E-state index contributed by atoms with van der Waals surface area (Å²) in [6.45, 7) is 2.79. The van der Waals surface area contributed by atoms with Crippen LogP contribution in [0.2, 0.25) is 0 Å². The molecule has 0 spiro atoms. The second-order valence-corrected chi connectivity index (χ2v) is 15.9. The first-order valence-electron chi connectivity index (χ1n) is 21.2. The average Bonchev–Trinajstić information content (AvgIpc) is 3.13. The number of unbranched alkanes of at least 4 members (excludes halogenated alkanes) is 24. The Morgan fingerprint density at radius 1 is 0.566 bits per heavy atom. The van der Waals surface area contributed by atoms with Crippen molar-refractivity contribution in [1.82, 2.24) is 0 Å². The lowest BCUT2D eigenvalue weighted by atomic mass is 10.0. The molecule has 4 N–H and O–H groups in total. The molecule has 0 radical (unpaired) electrons. The number of carboxylic acids is 1. The van der Waals surface area contributed by atoms with Crippen molar-refractivity contribution in [2.75, 3.05) is 19.8 Å². The highest BCUT2D eigenvalue weighted by Crippen LogP contribution is 2.43. The molecule has 312 valence electrons. The highest BCUT2D eigenvalue weighted by molar-refractivity contribution is 7.47. The number of allylic oxidation sites excluding steroid dienone is 2. The molecule has 0 aliphatic carbocycles. The first kappa shape index (κ1) is 51.2. The molecule has 0 aromatic carbocycles. The minimum Gasteiger partial charge on any atom is -0.480 e. The van der Waals surface area contributed by atoms with Gasteiger partial charge >= 0.3 is 25.7 Å². The third kappa shape index (κ3) is 36.9. The normalized spacial score (nSPS) is 13.9. The highest BCUT2D eigenvalue weighted by atomic mass is 31.2. The maximum atomic E-state index is 12.6. The number of nitrogens with two attached hydrogens (primary N) is 1. The van der Waals surface area contributed by atoms with Crippen LogP contribution in [0.4, 0.5) is 0 Å². The van der Waals surface area contributed by atoms with E-state index in [0.717, 1.165) is 57.8 Å². The van der Waals surface area contributed by atoms with E-state index < -0.39 is 51.1 Å². The Balaban J connectivity index is 4.36. The molecular formula is C41H78NO10P. The highest BCUT2D eigenvalue weighted by Gasteiger charge is 2.28. The molecule has 0 aliphatic heterocycles. The van der Waals surface area contributed by atoms with Gasteiger partial charge in [0.05, 0.1) is 13.2 Å². The maximum Gasteiger partial charge on any atom is 0.472 e. The van der Waals surface area contributed by atoms with Crippen LogP contribution >= 0.6 is 7.82 Å². The van der Waals surface area contributed by atoms with Crippen molar-refractivity contribution in [1.29, 1.82) is 0 Å². The van der Waals surface area contributed by atoms with E-state index in [4.69, 9.17) is 24.8 Å². The lowest BCUT2D eigenvalue weighted by Gasteiger charge is -2.20. The zero-order chi connectivity index (χ0) is 39.3. The fourth-order valence-electron chi connectivity index (χ4n) is 5.88. The van der Waals surface area contributed by atoms with Gasteiger partial charge in [-0.15, -0.1) is 0 Å². The molecule has 0 saturated carbocycles. The molecule has 12 heteroatoms. The van der Waals surface area contributed by atoms with E-state index in [9.17, 15) is 23.8 Å². The quantitative estimate of drug-likeness (QED) is 0.0234. The first-order valence-corrected chi connectivity index (χ1v) is 22.7. The Kier molecular flexibility index (Phi) is 35.9. The van der Waals surface area contributed by atoms with Crippen LogP contribution in [0.3, 0.4) is 0 Å². The van der Waals surface area contributed by atoms with E-state index in [1.54, 1.807) is 0 Å². The predicted octanol–water partition coefficient (Wildman–Crippen LogP) is 10.9. The zero-order valence-electron chi connectivity index (χ0n) is 33.6. The summed E-state index contributed by atoms with van der Waals surface area (Å²) in [5.41, 5.74) is 5.33.